The average molecular weight is 616 g/mol. The van der Waals surface area contributed by atoms with Crippen LogP contribution in [0.25, 0.3) is 0 Å². The van der Waals surface area contributed by atoms with E-state index in [1.807, 2.05) is 0 Å². The fourth-order valence-corrected chi connectivity index (χ4v) is 10.1. The molecule has 4 aliphatic heterocycles. The summed E-state index contributed by atoms with van der Waals surface area (Å²) in [6.45, 7) is 3.64. The molecule has 4 heterocycles. The molecule has 1 spiro atoms. The van der Waals surface area contributed by atoms with Crippen molar-refractivity contribution in [1.82, 2.24) is 29.8 Å². The van der Waals surface area contributed by atoms with Gasteiger partial charge in [-0.3, -0.25) is 0 Å². The Morgan fingerprint density at radius 3 is 1.18 bits per heavy atom. The van der Waals surface area contributed by atoms with E-state index in [1.54, 1.807) is 0 Å². The van der Waals surface area contributed by atoms with E-state index < -0.39 is 7.87 Å². The molecule has 4 unspecified atom stereocenters. The molecule has 228 valence electrons. The van der Waals surface area contributed by atoms with Gasteiger partial charge in [-0.25, -0.2) is 0 Å². The first-order chi connectivity index (χ1) is 22.1. The second-order valence-corrected chi connectivity index (χ2v) is 14.5. The second kappa shape index (κ2) is 11.6. The quantitative estimate of drug-likeness (QED) is 0.273. The van der Waals surface area contributed by atoms with Crippen LogP contribution < -0.4 is 10.2 Å². The van der Waals surface area contributed by atoms with E-state index in [0.29, 0.717) is 0 Å². The first-order valence-corrected chi connectivity index (χ1v) is 17.6. The third-order valence-electron chi connectivity index (χ3n) is 9.56. The van der Waals surface area contributed by atoms with Gasteiger partial charge in [0.2, 0.25) is 11.9 Å². The molecule has 0 amide bonds. The largest absolute Gasteiger partial charge is 0.404 e. The van der Waals surface area contributed by atoms with Crippen molar-refractivity contribution in [3.05, 3.63) is 144 Å². The van der Waals surface area contributed by atoms with Gasteiger partial charge in [-0.05, 0) is 31.8 Å². The molecule has 2 N–H and O–H groups in total. The Bertz CT molecular complexity index is 1560. The van der Waals surface area contributed by atoms with Crippen molar-refractivity contribution in [3.8, 4) is 0 Å². The van der Waals surface area contributed by atoms with Crippen LogP contribution in [-0.4, -0.2) is 71.8 Å². The predicted octanol–water partition coefficient (Wildman–Crippen LogP) is 6.04. The molecule has 8 nitrogen and oxygen atoms in total. The maximum Gasteiger partial charge on any atom is 0.404 e. The number of nitrogens with one attached hydrogen (secondary N) is 2. The van der Waals surface area contributed by atoms with Gasteiger partial charge in [0.15, 0.2) is 0 Å². The topological polar surface area (TPSA) is 61.7 Å². The van der Waals surface area contributed by atoms with Crippen molar-refractivity contribution in [2.24, 2.45) is 9.53 Å². The fourth-order valence-electron chi connectivity index (χ4n) is 7.35. The molecule has 4 aromatic rings. The maximum atomic E-state index is 5.74. The molecule has 9 heteroatoms. The highest BCUT2D eigenvalue weighted by Gasteiger charge is 2.58. The van der Waals surface area contributed by atoms with Crippen LogP contribution in [0, 0.1) is 0 Å². The molecule has 0 aliphatic carbocycles. The van der Waals surface area contributed by atoms with Gasteiger partial charge in [-0.1, -0.05) is 121 Å². The number of guanidine groups is 2. The van der Waals surface area contributed by atoms with E-state index in [-0.39, 0.29) is 24.2 Å². The van der Waals surface area contributed by atoms with Gasteiger partial charge in [0.25, 0.3) is 0 Å². The van der Waals surface area contributed by atoms with E-state index in [0.717, 1.165) is 38.1 Å². The lowest BCUT2D eigenvalue weighted by molar-refractivity contribution is 0.286. The summed E-state index contributed by atoms with van der Waals surface area (Å²) in [5.41, 5.74) is 5.00. The number of hydrogen-bond donors (Lipinski definition) is 2. The van der Waals surface area contributed by atoms with Crippen LogP contribution in [0.4, 0.5) is 0 Å². The summed E-state index contributed by atoms with van der Waals surface area (Å²) in [4.78, 5) is 9.62. The van der Waals surface area contributed by atoms with Gasteiger partial charge >= 0.3 is 7.87 Å². The normalized spacial score (nSPS) is 27.9. The van der Waals surface area contributed by atoms with Gasteiger partial charge in [-0.2, -0.15) is 0 Å². The minimum absolute atomic E-state index is 0.0411. The number of fused-ring (bicyclic) bond motifs is 2. The van der Waals surface area contributed by atoms with Gasteiger partial charge < -0.3 is 19.6 Å². The van der Waals surface area contributed by atoms with E-state index in [1.165, 1.54) is 22.3 Å². The van der Waals surface area contributed by atoms with Crippen LogP contribution in [-0.2, 0) is 0 Å². The highest BCUT2D eigenvalue weighted by atomic mass is 31.2. The van der Waals surface area contributed by atoms with E-state index >= 15 is 0 Å². The van der Waals surface area contributed by atoms with Crippen molar-refractivity contribution in [2.75, 3.05) is 40.3 Å². The minimum Gasteiger partial charge on any atom is -0.341 e. The fraction of sp³-hybridized carbons (Fsp3) is 0.278. The first-order valence-electron chi connectivity index (χ1n) is 15.9. The molecule has 0 aromatic heterocycles. The lowest BCUT2D eigenvalue weighted by atomic mass is 9.93. The lowest BCUT2D eigenvalue weighted by Gasteiger charge is -2.34. The Labute approximate surface area is 266 Å². The van der Waals surface area contributed by atoms with Crippen molar-refractivity contribution in [2.45, 2.75) is 24.2 Å². The summed E-state index contributed by atoms with van der Waals surface area (Å²) in [5, 5.41) is 8.39. The Hall–Kier alpha value is -4.23. The average Bonchev–Trinajstić information content (AvgIpc) is 3.52. The summed E-state index contributed by atoms with van der Waals surface area (Å²) in [5.74, 6) is 1.99. The molecule has 2 saturated heterocycles. The molecule has 2 fully saturated rings. The van der Waals surface area contributed by atoms with Gasteiger partial charge in [0, 0.05) is 40.3 Å². The Morgan fingerprint density at radius 2 is 0.822 bits per heavy atom. The van der Waals surface area contributed by atoms with E-state index in [4.69, 9.17) is 9.53 Å². The molecular formula is C36H40N8P+. The summed E-state index contributed by atoms with van der Waals surface area (Å²) in [6, 6.07) is 43.5. The smallest absolute Gasteiger partial charge is 0.341 e. The monoisotopic (exact) mass is 615 g/mol. The summed E-state index contributed by atoms with van der Waals surface area (Å²) in [7, 11) is 1.50. The lowest BCUT2D eigenvalue weighted by Crippen LogP contribution is -2.39. The molecule has 0 bridgehead atoms. The van der Waals surface area contributed by atoms with E-state index in [9.17, 15) is 0 Å². The maximum absolute atomic E-state index is 5.74. The zero-order valence-electron chi connectivity index (χ0n) is 25.8. The van der Waals surface area contributed by atoms with Crippen LogP contribution in [0.5, 0.6) is 0 Å². The molecule has 4 aliphatic rings. The number of likely N-dealkylation sites (N-methyl/N-ethyl adjacent to an activating group) is 2. The predicted molar refractivity (Wildman–Crippen MR) is 183 cm³/mol. The minimum atomic E-state index is -2.84. The number of nitrogens with zero attached hydrogens (tertiary/aromatic N) is 6. The van der Waals surface area contributed by atoms with Gasteiger partial charge in [-0.15, -0.1) is 10.2 Å². The number of benzene rings is 4. The van der Waals surface area contributed by atoms with Crippen LogP contribution in [0.15, 0.2) is 131 Å². The molecule has 8 rings (SSSR count). The number of hydrogen-bond acceptors (Lipinski definition) is 8. The molecule has 45 heavy (non-hydrogen) atoms. The molecular weight excluding hydrogens is 575 g/mol. The van der Waals surface area contributed by atoms with Crippen LogP contribution in [0.1, 0.15) is 46.4 Å². The van der Waals surface area contributed by atoms with E-state index in [2.05, 4.69) is 165 Å². The van der Waals surface area contributed by atoms with Crippen LogP contribution in [0.3, 0.4) is 0 Å². The highest BCUT2D eigenvalue weighted by molar-refractivity contribution is 7.69. The van der Waals surface area contributed by atoms with Gasteiger partial charge in [0.05, 0.1) is 24.2 Å². The molecule has 0 radical (unpaired) electrons. The molecule has 0 saturated carbocycles. The van der Waals surface area contributed by atoms with Crippen LogP contribution in [0.2, 0.25) is 0 Å². The highest BCUT2D eigenvalue weighted by Crippen LogP contribution is 2.64. The standard InChI is InChI=1S/C36H40N8P/c1-41-23-25-43-33(29-19-11-5-12-20-29)31(27-15-7-3-8-16-27)37-45(39-35(41)43)38-32(28-17-9-4-10-18-28)34(30-21-13-6-14-22-30)44-26-24-42(2)36(44)40-45/h3-22,31-34,37-38H,23-26H2,1-2H3/q+1. The Morgan fingerprint density at radius 1 is 0.489 bits per heavy atom. The Balaban J connectivity index is 1.36. The van der Waals surface area contributed by atoms with Crippen molar-refractivity contribution in [3.63, 3.8) is 0 Å². The second-order valence-electron chi connectivity index (χ2n) is 12.4. The molecule has 4 atom stereocenters. The number of rotatable bonds is 4. The SMILES string of the molecule is CN1CCN2C1=N[P+]1(N=C3N(C)CCN3C(c3ccccc3)C(c3ccccc3)N1)NC(c1ccccc1)C2c1ccccc1. The summed E-state index contributed by atoms with van der Waals surface area (Å²) >= 11 is 0. The van der Waals surface area contributed by atoms with Gasteiger partial charge in [0.1, 0.15) is 0 Å². The van der Waals surface area contributed by atoms with Crippen molar-refractivity contribution >= 4 is 19.8 Å². The third kappa shape index (κ3) is 5.07. The third-order valence-corrected chi connectivity index (χ3v) is 11.8. The van der Waals surface area contributed by atoms with Crippen molar-refractivity contribution < 1.29 is 0 Å². The zero-order valence-corrected chi connectivity index (χ0v) is 26.7. The molecule has 4 aromatic carbocycles. The van der Waals surface area contributed by atoms with Crippen molar-refractivity contribution in [1.29, 1.82) is 0 Å². The van der Waals surface area contributed by atoms with Crippen LogP contribution >= 0.6 is 7.87 Å². The Kier molecular flexibility index (Phi) is 7.29. The summed E-state index contributed by atoms with van der Waals surface area (Å²) in [6.07, 6.45) is 0. The zero-order chi connectivity index (χ0) is 30.4. The first kappa shape index (κ1) is 28.3. The summed E-state index contributed by atoms with van der Waals surface area (Å²) < 4.78 is 11.5.